The minimum absolute atomic E-state index is 0.0593. The van der Waals surface area contributed by atoms with Gasteiger partial charge in [0.25, 0.3) is 0 Å². The minimum Gasteiger partial charge on any atom is -0.396 e. The van der Waals surface area contributed by atoms with E-state index in [4.69, 9.17) is 10.8 Å². The standard InChI is InChI=1S/C15H24N2O/c16-12-15(17-9-3-4-10-18)8-7-13-5-1-2-6-14(13)11-15/h1-2,5-6,17-18H,3-4,7-12,16H2. The highest BCUT2D eigenvalue weighted by molar-refractivity contribution is 5.32. The highest BCUT2D eigenvalue weighted by atomic mass is 16.2. The van der Waals surface area contributed by atoms with Crippen LogP contribution in [0.1, 0.15) is 30.4 Å². The largest absolute Gasteiger partial charge is 0.396 e. The Labute approximate surface area is 109 Å². The van der Waals surface area contributed by atoms with Crippen LogP contribution in [0.3, 0.4) is 0 Å². The molecule has 1 atom stereocenters. The van der Waals surface area contributed by atoms with Crippen LogP contribution in [0.4, 0.5) is 0 Å². The number of rotatable bonds is 6. The maximum Gasteiger partial charge on any atom is 0.0431 e. The number of nitrogens with two attached hydrogens (primary N) is 1. The summed E-state index contributed by atoms with van der Waals surface area (Å²) in [7, 11) is 0. The molecule has 3 heteroatoms. The fourth-order valence-corrected chi connectivity index (χ4v) is 2.79. The van der Waals surface area contributed by atoms with Crippen LogP contribution in [0.15, 0.2) is 24.3 Å². The number of fused-ring (bicyclic) bond motifs is 1. The Hall–Kier alpha value is -0.900. The fraction of sp³-hybridized carbons (Fsp3) is 0.600. The van der Waals surface area contributed by atoms with Crippen molar-refractivity contribution in [1.82, 2.24) is 5.32 Å². The molecule has 0 amide bonds. The number of aryl methyl sites for hydroxylation is 1. The smallest absolute Gasteiger partial charge is 0.0431 e. The Bertz CT molecular complexity index is 381. The van der Waals surface area contributed by atoms with Gasteiger partial charge in [-0.2, -0.15) is 0 Å². The summed E-state index contributed by atoms with van der Waals surface area (Å²) in [6.07, 6.45) is 5.13. The van der Waals surface area contributed by atoms with E-state index in [-0.39, 0.29) is 12.1 Å². The van der Waals surface area contributed by atoms with Crippen LogP contribution in [-0.4, -0.2) is 30.3 Å². The molecule has 0 saturated heterocycles. The van der Waals surface area contributed by atoms with Gasteiger partial charge < -0.3 is 16.2 Å². The van der Waals surface area contributed by atoms with Gasteiger partial charge in [-0.3, -0.25) is 0 Å². The van der Waals surface area contributed by atoms with Crippen LogP contribution >= 0.6 is 0 Å². The first kappa shape index (κ1) is 13.5. The summed E-state index contributed by atoms with van der Waals surface area (Å²) < 4.78 is 0. The van der Waals surface area contributed by atoms with E-state index in [2.05, 4.69) is 29.6 Å². The summed E-state index contributed by atoms with van der Waals surface area (Å²) in [5, 5.41) is 12.4. The zero-order valence-corrected chi connectivity index (χ0v) is 11.0. The third-order valence-electron chi connectivity index (χ3n) is 4.00. The van der Waals surface area contributed by atoms with Crippen molar-refractivity contribution >= 4 is 0 Å². The van der Waals surface area contributed by atoms with Crippen molar-refractivity contribution in [3.05, 3.63) is 35.4 Å². The lowest BCUT2D eigenvalue weighted by atomic mass is 9.78. The zero-order valence-electron chi connectivity index (χ0n) is 11.0. The second kappa shape index (κ2) is 6.32. The summed E-state index contributed by atoms with van der Waals surface area (Å²) in [6.45, 7) is 1.90. The van der Waals surface area contributed by atoms with E-state index >= 15 is 0 Å². The Morgan fingerprint density at radius 1 is 1.22 bits per heavy atom. The SMILES string of the molecule is NCC1(NCCCCO)CCc2ccccc2C1. The van der Waals surface area contributed by atoms with Crippen molar-refractivity contribution < 1.29 is 5.11 Å². The monoisotopic (exact) mass is 248 g/mol. The molecule has 1 aromatic rings. The van der Waals surface area contributed by atoms with Gasteiger partial charge in [0.15, 0.2) is 0 Å². The molecule has 1 unspecified atom stereocenters. The van der Waals surface area contributed by atoms with Crippen LogP contribution in [-0.2, 0) is 12.8 Å². The molecule has 0 fully saturated rings. The summed E-state index contributed by atoms with van der Waals surface area (Å²) >= 11 is 0. The van der Waals surface area contributed by atoms with Crippen LogP contribution in [0.2, 0.25) is 0 Å². The number of unbranched alkanes of at least 4 members (excludes halogenated alkanes) is 1. The van der Waals surface area contributed by atoms with Crippen molar-refractivity contribution in [2.75, 3.05) is 19.7 Å². The molecule has 0 bridgehead atoms. The Balaban J connectivity index is 1.98. The number of aliphatic hydroxyl groups is 1. The van der Waals surface area contributed by atoms with Crippen LogP contribution in [0, 0.1) is 0 Å². The minimum atomic E-state index is 0.0593. The third-order valence-corrected chi connectivity index (χ3v) is 4.00. The molecule has 0 spiro atoms. The van der Waals surface area contributed by atoms with Gasteiger partial charge in [-0.05, 0) is 49.8 Å². The van der Waals surface area contributed by atoms with Crippen molar-refractivity contribution in [1.29, 1.82) is 0 Å². The van der Waals surface area contributed by atoms with Gasteiger partial charge in [0.2, 0.25) is 0 Å². The zero-order chi connectivity index (χ0) is 12.8. The van der Waals surface area contributed by atoms with E-state index in [0.717, 1.165) is 38.6 Å². The third kappa shape index (κ3) is 3.10. The lowest BCUT2D eigenvalue weighted by Crippen LogP contribution is -2.55. The van der Waals surface area contributed by atoms with Gasteiger partial charge in [-0.15, -0.1) is 0 Å². The average molecular weight is 248 g/mol. The molecule has 18 heavy (non-hydrogen) atoms. The van der Waals surface area contributed by atoms with Gasteiger partial charge in [0.1, 0.15) is 0 Å². The molecule has 3 nitrogen and oxygen atoms in total. The van der Waals surface area contributed by atoms with Gasteiger partial charge in [-0.25, -0.2) is 0 Å². The highest BCUT2D eigenvalue weighted by Gasteiger charge is 2.32. The average Bonchev–Trinajstić information content (AvgIpc) is 2.43. The van der Waals surface area contributed by atoms with Crippen molar-refractivity contribution in [3.63, 3.8) is 0 Å². The first-order chi connectivity index (χ1) is 8.79. The normalized spacial score (nSPS) is 22.8. The van der Waals surface area contributed by atoms with Gasteiger partial charge in [0.05, 0.1) is 0 Å². The Morgan fingerprint density at radius 2 is 2.00 bits per heavy atom. The summed E-state index contributed by atoms with van der Waals surface area (Å²) in [6, 6.07) is 8.66. The molecule has 100 valence electrons. The van der Waals surface area contributed by atoms with E-state index in [1.807, 2.05) is 0 Å². The van der Waals surface area contributed by atoms with E-state index in [0.29, 0.717) is 6.54 Å². The first-order valence-electron chi connectivity index (χ1n) is 6.92. The quantitative estimate of drug-likeness (QED) is 0.664. The van der Waals surface area contributed by atoms with Crippen molar-refractivity contribution in [2.45, 2.75) is 37.6 Å². The number of hydrogen-bond acceptors (Lipinski definition) is 3. The second-order valence-electron chi connectivity index (χ2n) is 5.29. The molecule has 0 aliphatic heterocycles. The highest BCUT2D eigenvalue weighted by Crippen LogP contribution is 2.28. The molecule has 1 aromatic carbocycles. The lowest BCUT2D eigenvalue weighted by molar-refractivity contribution is 0.265. The number of nitrogens with one attached hydrogen (secondary N) is 1. The van der Waals surface area contributed by atoms with Crippen LogP contribution < -0.4 is 11.1 Å². The number of hydrogen-bond donors (Lipinski definition) is 3. The molecule has 0 aromatic heterocycles. The first-order valence-corrected chi connectivity index (χ1v) is 6.92. The van der Waals surface area contributed by atoms with Gasteiger partial charge >= 0.3 is 0 Å². The maximum absolute atomic E-state index is 8.80. The molecular weight excluding hydrogens is 224 g/mol. The van der Waals surface area contributed by atoms with E-state index in [1.54, 1.807) is 0 Å². The lowest BCUT2D eigenvalue weighted by Gasteiger charge is -2.38. The molecule has 0 radical (unpaired) electrons. The topological polar surface area (TPSA) is 58.3 Å². The second-order valence-corrected chi connectivity index (χ2v) is 5.29. The van der Waals surface area contributed by atoms with Gasteiger partial charge in [0, 0.05) is 18.7 Å². The predicted octanol–water partition coefficient (Wildman–Crippen LogP) is 1.23. The molecule has 0 heterocycles. The van der Waals surface area contributed by atoms with Crippen LogP contribution in [0.5, 0.6) is 0 Å². The van der Waals surface area contributed by atoms with Crippen LogP contribution in [0.25, 0.3) is 0 Å². The Kier molecular flexibility index (Phi) is 4.75. The van der Waals surface area contributed by atoms with E-state index < -0.39 is 0 Å². The van der Waals surface area contributed by atoms with Crippen molar-refractivity contribution in [2.24, 2.45) is 5.73 Å². The van der Waals surface area contributed by atoms with Gasteiger partial charge in [-0.1, -0.05) is 24.3 Å². The molecular formula is C15H24N2O. The van der Waals surface area contributed by atoms with E-state index in [9.17, 15) is 0 Å². The van der Waals surface area contributed by atoms with Crippen molar-refractivity contribution in [3.8, 4) is 0 Å². The van der Waals surface area contributed by atoms with E-state index in [1.165, 1.54) is 11.1 Å². The summed E-state index contributed by atoms with van der Waals surface area (Å²) in [4.78, 5) is 0. The molecule has 1 aliphatic rings. The summed E-state index contributed by atoms with van der Waals surface area (Å²) in [5.74, 6) is 0. The molecule has 0 saturated carbocycles. The summed E-state index contributed by atoms with van der Waals surface area (Å²) in [5.41, 5.74) is 8.96. The molecule has 1 aliphatic carbocycles. The number of aliphatic hydroxyl groups excluding tert-OH is 1. The predicted molar refractivity (Wildman–Crippen MR) is 74.6 cm³/mol. The fourth-order valence-electron chi connectivity index (χ4n) is 2.79. The number of benzene rings is 1. The molecule has 2 rings (SSSR count). The molecule has 4 N–H and O–H groups in total. The Morgan fingerprint density at radius 3 is 2.72 bits per heavy atom. The maximum atomic E-state index is 8.80.